The first kappa shape index (κ1) is 11.5. The smallest absolute Gasteiger partial charge is 0.228 e. The summed E-state index contributed by atoms with van der Waals surface area (Å²) in [5, 5.41) is -0.518. The van der Waals surface area contributed by atoms with Crippen molar-refractivity contribution >= 4 is 23.3 Å². The van der Waals surface area contributed by atoms with Gasteiger partial charge in [0.2, 0.25) is 5.91 Å². The van der Waals surface area contributed by atoms with Crippen molar-refractivity contribution in [2.45, 2.75) is 32.6 Å². The predicted octanol–water partition coefficient (Wildman–Crippen LogP) is 1.44. The summed E-state index contributed by atoms with van der Waals surface area (Å²) >= 11 is 5.81. The average Bonchev–Trinajstić information content (AvgIpc) is 2.07. The molecule has 0 aromatic rings. The van der Waals surface area contributed by atoms with Crippen LogP contribution in [0.2, 0.25) is 0 Å². The summed E-state index contributed by atoms with van der Waals surface area (Å²) in [5.74, 6) is 0.111. The number of Topliss-reactive ketones (excluding diaryl/α,β-unsaturated/α-hetero) is 1. The quantitative estimate of drug-likeness (QED) is 0.576. The fraction of sp³-hybridized carbons (Fsp3) is 0.800. The van der Waals surface area contributed by atoms with Gasteiger partial charge in [0.15, 0.2) is 5.78 Å². The zero-order chi connectivity index (χ0) is 10.9. The van der Waals surface area contributed by atoms with E-state index in [1.54, 1.807) is 4.90 Å². The van der Waals surface area contributed by atoms with Gasteiger partial charge in [-0.25, -0.2) is 0 Å². The summed E-state index contributed by atoms with van der Waals surface area (Å²) in [4.78, 5) is 24.6. The van der Waals surface area contributed by atoms with Gasteiger partial charge in [-0.3, -0.25) is 9.59 Å². The van der Waals surface area contributed by atoms with E-state index < -0.39 is 10.8 Å². The number of likely N-dealkylation sites (tertiary alicyclic amines) is 1. The highest BCUT2D eigenvalue weighted by molar-refractivity contribution is 6.31. The number of nitrogens with zero attached hydrogens (tertiary/aromatic N) is 1. The molecule has 1 aliphatic heterocycles. The molecule has 1 fully saturated rings. The highest BCUT2D eigenvalue weighted by Gasteiger charge is 2.33. The van der Waals surface area contributed by atoms with Crippen molar-refractivity contribution in [3.05, 3.63) is 0 Å². The maximum absolute atomic E-state index is 11.8. The predicted molar refractivity (Wildman–Crippen MR) is 55.3 cm³/mol. The van der Waals surface area contributed by atoms with E-state index in [4.69, 9.17) is 11.6 Å². The number of ketones is 1. The first-order chi connectivity index (χ1) is 6.32. The molecule has 1 unspecified atom stereocenters. The van der Waals surface area contributed by atoms with Crippen LogP contribution in [-0.4, -0.2) is 35.1 Å². The third kappa shape index (κ3) is 2.47. The Morgan fingerprint density at radius 1 is 1.50 bits per heavy atom. The van der Waals surface area contributed by atoms with Gasteiger partial charge >= 0.3 is 0 Å². The lowest BCUT2D eigenvalue weighted by atomic mass is 9.93. The first-order valence-corrected chi connectivity index (χ1v) is 5.22. The molecule has 1 saturated heterocycles. The fourth-order valence-corrected chi connectivity index (χ4v) is 1.72. The second kappa shape index (κ2) is 3.89. The van der Waals surface area contributed by atoms with Crippen molar-refractivity contribution in [2.24, 2.45) is 5.41 Å². The second-order valence-electron chi connectivity index (χ2n) is 4.69. The minimum atomic E-state index is -0.518. The molecule has 0 aromatic carbocycles. The second-order valence-corrected chi connectivity index (χ2v) is 5.21. The zero-order valence-corrected chi connectivity index (χ0v) is 9.60. The maximum Gasteiger partial charge on any atom is 0.228 e. The van der Waals surface area contributed by atoms with Gasteiger partial charge in [-0.15, -0.1) is 11.6 Å². The van der Waals surface area contributed by atoms with E-state index in [1.165, 1.54) is 0 Å². The van der Waals surface area contributed by atoms with Gasteiger partial charge in [0.05, 0.1) is 0 Å². The number of alkyl halides is 1. The molecule has 14 heavy (non-hydrogen) atoms. The number of halogens is 1. The van der Waals surface area contributed by atoms with Crippen molar-refractivity contribution in [3.63, 3.8) is 0 Å². The van der Waals surface area contributed by atoms with E-state index in [9.17, 15) is 9.59 Å². The van der Waals surface area contributed by atoms with Crippen molar-refractivity contribution < 1.29 is 9.59 Å². The van der Waals surface area contributed by atoms with E-state index in [-0.39, 0.29) is 11.7 Å². The molecule has 1 heterocycles. The molecule has 1 aliphatic rings. The summed E-state index contributed by atoms with van der Waals surface area (Å²) in [6, 6.07) is 0. The molecule has 1 amide bonds. The maximum atomic E-state index is 11.8. The summed E-state index contributed by atoms with van der Waals surface area (Å²) in [6.45, 7) is 6.48. The van der Waals surface area contributed by atoms with Gasteiger partial charge in [-0.05, 0) is 0 Å². The summed E-state index contributed by atoms with van der Waals surface area (Å²) in [5.41, 5.74) is -0.392. The molecule has 0 saturated carbocycles. The van der Waals surface area contributed by atoms with Crippen LogP contribution in [-0.2, 0) is 9.59 Å². The molecule has 1 atom stereocenters. The van der Waals surface area contributed by atoms with Gasteiger partial charge in [-0.1, -0.05) is 20.8 Å². The molecule has 0 aromatic heterocycles. The van der Waals surface area contributed by atoms with Crippen LogP contribution in [0.4, 0.5) is 0 Å². The highest BCUT2D eigenvalue weighted by Crippen LogP contribution is 2.21. The van der Waals surface area contributed by atoms with Crippen LogP contribution in [0.15, 0.2) is 0 Å². The molecule has 1 rings (SSSR count). The number of hydrogen-bond donors (Lipinski definition) is 0. The van der Waals surface area contributed by atoms with Gasteiger partial charge in [0.1, 0.15) is 5.38 Å². The van der Waals surface area contributed by atoms with Crippen molar-refractivity contribution in [1.29, 1.82) is 0 Å². The van der Waals surface area contributed by atoms with E-state index in [1.807, 2.05) is 20.8 Å². The number of amides is 1. The van der Waals surface area contributed by atoms with Crippen LogP contribution in [0.25, 0.3) is 0 Å². The lowest BCUT2D eigenvalue weighted by molar-refractivity contribution is -0.141. The van der Waals surface area contributed by atoms with Gasteiger partial charge in [0, 0.05) is 24.9 Å². The monoisotopic (exact) mass is 217 g/mol. The van der Waals surface area contributed by atoms with Crippen LogP contribution in [0.5, 0.6) is 0 Å². The van der Waals surface area contributed by atoms with Crippen molar-refractivity contribution in [2.75, 3.05) is 13.1 Å². The molecular formula is C10H16ClNO2. The van der Waals surface area contributed by atoms with Crippen LogP contribution in [0, 0.1) is 5.41 Å². The Hall–Kier alpha value is -0.570. The number of hydrogen-bond acceptors (Lipinski definition) is 2. The Labute approximate surface area is 89.4 Å². The molecule has 0 N–H and O–H groups in total. The first-order valence-electron chi connectivity index (χ1n) is 4.78. The third-order valence-corrected chi connectivity index (χ3v) is 2.67. The Morgan fingerprint density at radius 2 is 2.07 bits per heavy atom. The summed E-state index contributed by atoms with van der Waals surface area (Å²) in [6.07, 6.45) is 0.385. The Bertz CT molecular complexity index is 257. The molecule has 0 radical (unpaired) electrons. The van der Waals surface area contributed by atoms with Crippen molar-refractivity contribution in [3.8, 4) is 0 Å². The van der Waals surface area contributed by atoms with Gasteiger partial charge in [-0.2, -0.15) is 0 Å². The number of rotatable bonds is 0. The Kier molecular flexibility index (Phi) is 3.20. The SMILES string of the molecule is CC(C)(C)C(=O)N1CCC(=O)C(Cl)C1. The van der Waals surface area contributed by atoms with E-state index in [0.717, 1.165) is 0 Å². The standard InChI is InChI=1S/C10H16ClNO2/c1-10(2,3)9(14)12-5-4-8(13)7(11)6-12/h7H,4-6H2,1-3H3. The van der Waals surface area contributed by atoms with E-state index in [2.05, 4.69) is 0 Å². The molecular weight excluding hydrogens is 202 g/mol. The van der Waals surface area contributed by atoms with Crippen LogP contribution in [0.3, 0.4) is 0 Å². The largest absolute Gasteiger partial charge is 0.340 e. The van der Waals surface area contributed by atoms with E-state index in [0.29, 0.717) is 19.5 Å². The third-order valence-electron chi connectivity index (χ3n) is 2.29. The van der Waals surface area contributed by atoms with Gasteiger partial charge < -0.3 is 4.90 Å². The fourth-order valence-electron chi connectivity index (χ4n) is 1.45. The number of carbonyl (C=O) groups is 2. The minimum Gasteiger partial charge on any atom is -0.340 e. The van der Waals surface area contributed by atoms with Crippen molar-refractivity contribution in [1.82, 2.24) is 4.90 Å². The Morgan fingerprint density at radius 3 is 2.50 bits per heavy atom. The number of piperidine rings is 1. The Balaban J connectivity index is 2.64. The van der Waals surface area contributed by atoms with E-state index >= 15 is 0 Å². The number of carbonyl (C=O) groups excluding carboxylic acids is 2. The highest BCUT2D eigenvalue weighted by atomic mass is 35.5. The molecule has 0 aliphatic carbocycles. The average molecular weight is 218 g/mol. The normalized spacial score (nSPS) is 23.9. The molecule has 3 nitrogen and oxygen atoms in total. The molecule has 80 valence electrons. The lowest BCUT2D eigenvalue weighted by Crippen LogP contribution is -2.48. The summed E-state index contributed by atoms with van der Waals surface area (Å²) in [7, 11) is 0. The molecule has 4 heteroatoms. The topological polar surface area (TPSA) is 37.4 Å². The zero-order valence-electron chi connectivity index (χ0n) is 8.84. The molecule has 0 spiro atoms. The van der Waals surface area contributed by atoms with Gasteiger partial charge in [0.25, 0.3) is 0 Å². The van der Waals surface area contributed by atoms with Crippen LogP contribution in [0.1, 0.15) is 27.2 Å². The summed E-state index contributed by atoms with van der Waals surface area (Å²) < 4.78 is 0. The lowest BCUT2D eigenvalue weighted by Gasteiger charge is -2.33. The molecule has 0 bridgehead atoms. The van der Waals surface area contributed by atoms with Crippen LogP contribution >= 0.6 is 11.6 Å². The minimum absolute atomic E-state index is 0.0459. The van der Waals surface area contributed by atoms with Crippen LogP contribution < -0.4 is 0 Å².